The molecule has 1 N–H and O–H groups in total. The van der Waals surface area contributed by atoms with Gasteiger partial charge in [-0.1, -0.05) is 25.1 Å². The topological polar surface area (TPSA) is 95.3 Å². The summed E-state index contributed by atoms with van der Waals surface area (Å²) in [6.07, 6.45) is 2.08. The van der Waals surface area contributed by atoms with Crippen LogP contribution in [0.15, 0.2) is 53.7 Å². The Morgan fingerprint density at radius 1 is 1.06 bits per heavy atom. The fourth-order valence-corrected chi connectivity index (χ4v) is 3.56. The lowest BCUT2D eigenvalue weighted by atomic mass is 10.1. The Balaban J connectivity index is 1.60. The fourth-order valence-electron chi connectivity index (χ4n) is 2.82. The van der Waals surface area contributed by atoms with Gasteiger partial charge in [0.1, 0.15) is 5.75 Å². The van der Waals surface area contributed by atoms with Crippen molar-refractivity contribution in [1.29, 1.82) is 0 Å². The van der Waals surface area contributed by atoms with E-state index in [0.29, 0.717) is 28.8 Å². The molecular weight excluding hydrogens is 428 g/mol. The van der Waals surface area contributed by atoms with Crippen molar-refractivity contribution in [2.45, 2.75) is 24.9 Å². The zero-order valence-corrected chi connectivity index (χ0v) is 19.1. The highest BCUT2D eigenvalue weighted by Gasteiger charge is 2.13. The molecule has 0 bridgehead atoms. The number of unbranched alkanes of at least 4 members (excludes halogenated alkanes) is 1. The molecule has 0 aliphatic heterocycles. The highest BCUT2D eigenvalue weighted by molar-refractivity contribution is 7.99. The number of benzene rings is 2. The number of esters is 1. The van der Waals surface area contributed by atoms with Crippen LogP contribution in [0, 0.1) is 0 Å². The van der Waals surface area contributed by atoms with Gasteiger partial charge in [-0.05, 0) is 55.0 Å². The van der Waals surface area contributed by atoms with Gasteiger partial charge in [-0.3, -0.25) is 9.59 Å². The molecule has 0 saturated heterocycles. The number of rotatable bonds is 10. The Morgan fingerprint density at radius 3 is 2.44 bits per heavy atom. The van der Waals surface area contributed by atoms with E-state index in [-0.39, 0.29) is 17.6 Å². The molecule has 168 valence electrons. The maximum Gasteiger partial charge on any atom is 0.316 e. The number of carbonyl (C=O) groups is 2. The minimum Gasteiger partial charge on any atom is -0.494 e. The number of methoxy groups -OCH3 is 1. The van der Waals surface area contributed by atoms with Crippen molar-refractivity contribution in [2.75, 3.05) is 24.8 Å². The van der Waals surface area contributed by atoms with E-state index < -0.39 is 0 Å². The van der Waals surface area contributed by atoms with Crippen LogP contribution < -0.4 is 10.1 Å². The van der Waals surface area contributed by atoms with Crippen LogP contribution in [0.1, 0.15) is 30.1 Å². The van der Waals surface area contributed by atoms with Gasteiger partial charge >= 0.3 is 5.97 Å². The highest BCUT2D eigenvalue weighted by Crippen LogP contribution is 2.24. The van der Waals surface area contributed by atoms with Crippen LogP contribution in [0.4, 0.5) is 5.69 Å². The summed E-state index contributed by atoms with van der Waals surface area (Å²) in [6.45, 7) is 2.78. The summed E-state index contributed by atoms with van der Waals surface area (Å²) in [5.74, 6) is 1.07. The van der Waals surface area contributed by atoms with E-state index in [1.807, 2.05) is 35.9 Å². The SMILES string of the molecule is CCCCOc1ccc(C(=O)Nc2ccc(-c3nnc(SCC(=O)OC)n3C)cc2)cc1. The molecule has 1 heterocycles. The molecule has 0 saturated carbocycles. The maximum atomic E-state index is 12.5. The fraction of sp³-hybridized carbons (Fsp3) is 0.304. The average Bonchev–Trinajstić information content (AvgIpc) is 3.18. The maximum absolute atomic E-state index is 12.5. The molecule has 0 fully saturated rings. The van der Waals surface area contributed by atoms with Gasteiger partial charge in [-0.25, -0.2) is 0 Å². The van der Waals surface area contributed by atoms with Gasteiger partial charge in [0.15, 0.2) is 11.0 Å². The molecule has 1 aromatic heterocycles. The minimum atomic E-state index is -0.321. The van der Waals surface area contributed by atoms with Crippen molar-refractivity contribution < 1.29 is 19.1 Å². The second-order valence-electron chi connectivity index (χ2n) is 6.99. The Kier molecular flexibility index (Phi) is 8.27. The van der Waals surface area contributed by atoms with Gasteiger partial charge < -0.3 is 19.4 Å². The van der Waals surface area contributed by atoms with Crippen molar-refractivity contribution in [3.05, 3.63) is 54.1 Å². The standard InChI is InChI=1S/C23H26N4O4S/c1-4-5-14-31-19-12-8-17(9-13-19)22(29)24-18-10-6-16(7-11-18)21-25-26-23(27(21)2)32-15-20(28)30-3/h6-13H,4-5,14-15H2,1-3H3,(H,24,29). The van der Waals surface area contributed by atoms with Crippen LogP contribution >= 0.6 is 11.8 Å². The van der Waals surface area contributed by atoms with Crippen molar-refractivity contribution in [2.24, 2.45) is 7.05 Å². The zero-order chi connectivity index (χ0) is 22.9. The predicted molar refractivity (Wildman–Crippen MR) is 124 cm³/mol. The monoisotopic (exact) mass is 454 g/mol. The van der Waals surface area contributed by atoms with Crippen LogP contribution in [0.2, 0.25) is 0 Å². The first-order valence-electron chi connectivity index (χ1n) is 10.3. The first-order valence-corrected chi connectivity index (χ1v) is 11.2. The first-order chi connectivity index (χ1) is 15.5. The summed E-state index contributed by atoms with van der Waals surface area (Å²) in [5, 5.41) is 11.8. The quantitative estimate of drug-likeness (QED) is 0.279. The third kappa shape index (κ3) is 6.10. The van der Waals surface area contributed by atoms with Crippen molar-refractivity contribution in [3.8, 4) is 17.1 Å². The van der Waals surface area contributed by atoms with Gasteiger partial charge in [0, 0.05) is 23.9 Å². The molecule has 0 spiro atoms. The predicted octanol–water partition coefficient (Wildman–Crippen LogP) is 4.18. The molecule has 0 unspecified atom stereocenters. The minimum absolute atomic E-state index is 0.166. The lowest BCUT2D eigenvalue weighted by molar-refractivity contribution is -0.137. The largest absolute Gasteiger partial charge is 0.494 e. The molecule has 0 atom stereocenters. The third-order valence-corrected chi connectivity index (χ3v) is 5.66. The number of hydrogen-bond acceptors (Lipinski definition) is 7. The van der Waals surface area contributed by atoms with E-state index in [1.54, 1.807) is 24.3 Å². The van der Waals surface area contributed by atoms with E-state index in [2.05, 4.69) is 27.2 Å². The number of ether oxygens (including phenoxy) is 2. The van der Waals surface area contributed by atoms with Crippen LogP contribution in [0.3, 0.4) is 0 Å². The second-order valence-corrected chi connectivity index (χ2v) is 7.93. The Hall–Kier alpha value is -3.33. The molecule has 9 heteroatoms. The number of hydrogen-bond donors (Lipinski definition) is 1. The summed E-state index contributed by atoms with van der Waals surface area (Å²) in [7, 11) is 3.18. The number of anilines is 1. The van der Waals surface area contributed by atoms with E-state index in [1.165, 1.54) is 18.9 Å². The first kappa shape index (κ1) is 23.3. The Labute approximate surface area is 191 Å². The normalized spacial score (nSPS) is 10.6. The van der Waals surface area contributed by atoms with Crippen LogP contribution in [-0.2, 0) is 16.6 Å². The number of carbonyl (C=O) groups excluding carboxylic acids is 2. The van der Waals surface area contributed by atoms with Gasteiger partial charge in [0.05, 0.1) is 19.5 Å². The van der Waals surface area contributed by atoms with E-state index >= 15 is 0 Å². The molecule has 32 heavy (non-hydrogen) atoms. The number of nitrogens with one attached hydrogen (secondary N) is 1. The molecule has 0 radical (unpaired) electrons. The Bertz CT molecular complexity index is 1050. The molecule has 1 amide bonds. The number of amides is 1. The van der Waals surface area contributed by atoms with Gasteiger partial charge in [-0.15, -0.1) is 10.2 Å². The third-order valence-electron chi connectivity index (χ3n) is 4.67. The lowest BCUT2D eigenvalue weighted by Crippen LogP contribution is -2.11. The van der Waals surface area contributed by atoms with Crippen LogP contribution in [0.5, 0.6) is 5.75 Å². The van der Waals surface area contributed by atoms with Crippen LogP contribution in [-0.4, -0.2) is 46.1 Å². The summed E-state index contributed by atoms with van der Waals surface area (Å²) >= 11 is 1.26. The molecule has 2 aromatic carbocycles. The summed E-state index contributed by atoms with van der Waals surface area (Å²) < 4.78 is 12.1. The number of aromatic nitrogens is 3. The van der Waals surface area contributed by atoms with Gasteiger partial charge in [0.2, 0.25) is 0 Å². The van der Waals surface area contributed by atoms with Crippen molar-refractivity contribution in [1.82, 2.24) is 14.8 Å². The van der Waals surface area contributed by atoms with E-state index in [4.69, 9.17) is 4.74 Å². The zero-order valence-electron chi connectivity index (χ0n) is 18.3. The number of nitrogens with zero attached hydrogens (tertiary/aromatic N) is 3. The van der Waals surface area contributed by atoms with Gasteiger partial charge in [0.25, 0.3) is 5.91 Å². The summed E-state index contributed by atoms with van der Waals surface area (Å²) in [4.78, 5) is 23.9. The molecule has 3 rings (SSSR count). The molecule has 3 aromatic rings. The highest BCUT2D eigenvalue weighted by atomic mass is 32.2. The smallest absolute Gasteiger partial charge is 0.316 e. The van der Waals surface area contributed by atoms with E-state index in [0.717, 1.165) is 24.2 Å². The molecule has 0 aliphatic rings. The second kappa shape index (κ2) is 11.3. The summed E-state index contributed by atoms with van der Waals surface area (Å²) in [5.41, 5.74) is 2.07. The molecular formula is C23H26N4O4S. The molecule has 8 nitrogen and oxygen atoms in total. The van der Waals surface area contributed by atoms with E-state index in [9.17, 15) is 9.59 Å². The molecule has 0 aliphatic carbocycles. The Morgan fingerprint density at radius 2 is 1.78 bits per heavy atom. The average molecular weight is 455 g/mol. The lowest BCUT2D eigenvalue weighted by Gasteiger charge is -2.08. The van der Waals surface area contributed by atoms with Gasteiger partial charge in [-0.2, -0.15) is 0 Å². The number of thioether (sulfide) groups is 1. The summed E-state index contributed by atoms with van der Waals surface area (Å²) in [6, 6.07) is 14.4. The van der Waals surface area contributed by atoms with Crippen molar-refractivity contribution in [3.63, 3.8) is 0 Å². The van der Waals surface area contributed by atoms with Crippen LogP contribution in [0.25, 0.3) is 11.4 Å². The van der Waals surface area contributed by atoms with Crippen molar-refractivity contribution >= 4 is 29.3 Å².